The first-order chi connectivity index (χ1) is 10.1. The minimum absolute atomic E-state index is 0.165. The molecule has 0 aliphatic carbocycles. The Morgan fingerprint density at radius 1 is 1.29 bits per heavy atom. The van der Waals surface area contributed by atoms with E-state index in [1.807, 2.05) is 36.4 Å². The van der Waals surface area contributed by atoms with Crippen LogP contribution in [0.5, 0.6) is 5.75 Å². The fourth-order valence-electron chi connectivity index (χ4n) is 1.91. The third kappa shape index (κ3) is 3.09. The molecule has 3 rings (SSSR count). The van der Waals surface area contributed by atoms with E-state index < -0.39 is 6.10 Å². The van der Waals surface area contributed by atoms with Crippen molar-refractivity contribution in [1.29, 1.82) is 0 Å². The average molecular weight is 321 g/mol. The van der Waals surface area contributed by atoms with Crippen LogP contribution < -0.4 is 14.8 Å². The molecule has 0 saturated heterocycles. The summed E-state index contributed by atoms with van der Waals surface area (Å²) < 4.78 is 8.80. The van der Waals surface area contributed by atoms with Crippen LogP contribution in [0.4, 0.5) is 11.4 Å². The largest absolute Gasteiger partial charge is 0.479 e. The molecule has 21 heavy (non-hydrogen) atoms. The molecule has 1 aliphatic rings. The van der Waals surface area contributed by atoms with Gasteiger partial charge in [0.25, 0.3) is 5.91 Å². The molecule has 0 bridgehead atoms. The van der Waals surface area contributed by atoms with Gasteiger partial charge >= 0.3 is 0 Å². The van der Waals surface area contributed by atoms with E-state index in [1.54, 1.807) is 13.0 Å². The molecule has 4 nitrogen and oxygen atoms in total. The van der Waals surface area contributed by atoms with E-state index in [1.165, 1.54) is 11.9 Å². The van der Waals surface area contributed by atoms with Crippen molar-refractivity contribution in [1.82, 2.24) is 0 Å². The third-order valence-corrected chi connectivity index (χ3v) is 4.34. The summed E-state index contributed by atoms with van der Waals surface area (Å²) in [5.74, 6) is 0.463. The quantitative estimate of drug-likeness (QED) is 0.833. The van der Waals surface area contributed by atoms with E-state index in [-0.39, 0.29) is 5.91 Å². The second-order valence-corrected chi connectivity index (χ2v) is 5.85. The molecular formula is C15H13ClN2O2S. The molecule has 2 aromatic carbocycles. The van der Waals surface area contributed by atoms with E-state index >= 15 is 0 Å². The van der Waals surface area contributed by atoms with Gasteiger partial charge in [0.05, 0.1) is 15.6 Å². The molecule has 0 fully saturated rings. The van der Waals surface area contributed by atoms with Gasteiger partial charge in [-0.25, -0.2) is 0 Å². The monoisotopic (exact) mass is 320 g/mol. The zero-order valence-electron chi connectivity index (χ0n) is 11.2. The van der Waals surface area contributed by atoms with Gasteiger partial charge in [-0.05, 0) is 43.1 Å². The summed E-state index contributed by atoms with van der Waals surface area (Å²) in [6, 6.07) is 13.3. The highest BCUT2D eigenvalue weighted by atomic mass is 35.5. The predicted molar refractivity (Wildman–Crippen MR) is 86.1 cm³/mol. The number of hydrogen-bond acceptors (Lipinski definition) is 4. The van der Waals surface area contributed by atoms with E-state index in [9.17, 15) is 4.79 Å². The van der Waals surface area contributed by atoms with Crippen LogP contribution in [0.3, 0.4) is 0 Å². The molecular weight excluding hydrogens is 308 g/mol. The van der Waals surface area contributed by atoms with Crippen molar-refractivity contribution in [3.8, 4) is 5.75 Å². The number of nitrogens with one attached hydrogen (secondary N) is 2. The lowest BCUT2D eigenvalue weighted by Gasteiger charge is -2.24. The fourth-order valence-corrected chi connectivity index (χ4v) is 2.87. The molecule has 2 N–H and O–H groups in total. The first-order valence-corrected chi connectivity index (χ1v) is 7.62. The van der Waals surface area contributed by atoms with E-state index in [4.69, 9.17) is 16.3 Å². The summed E-state index contributed by atoms with van der Waals surface area (Å²) in [7, 11) is 0. The summed E-state index contributed by atoms with van der Waals surface area (Å²) >= 11 is 7.64. The Hall–Kier alpha value is -1.85. The molecule has 1 heterocycles. The van der Waals surface area contributed by atoms with Gasteiger partial charge < -0.3 is 14.8 Å². The van der Waals surface area contributed by atoms with Gasteiger partial charge in [0.2, 0.25) is 0 Å². The lowest BCUT2D eigenvalue weighted by atomic mass is 10.2. The van der Waals surface area contributed by atoms with Gasteiger partial charge in [0.1, 0.15) is 5.75 Å². The molecule has 0 aromatic heterocycles. The number of ether oxygens (including phenoxy) is 1. The molecule has 1 atom stereocenters. The van der Waals surface area contributed by atoms with Crippen molar-refractivity contribution < 1.29 is 9.53 Å². The second kappa shape index (κ2) is 5.87. The Morgan fingerprint density at radius 3 is 2.81 bits per heavy atom. The summed E-state index contributed by atoms with van der Waals surface area (Å²) in [6.45, 7) is 1.71. The van der Waals surface area contributed by atoms with Crippen LogP contribution in [0.1, 0.15) is 6.92 Å². The van der Waals surface area contributed by atoms with Crippen LogP contribution in [-0.2, 0) is 4.79 Å². The summed E-state index contributed by atoms with van der Waals surface area (Å²) in [4.78, 5) is 12.4. The Morgan fingerprint density at radius 2 is 2.05 bits per heavy atom. The Labute approximate surface area is 132 Å². The molecule has 1 unspecified atom stereocenters. The molecule has 0 saturated carbocycles. The molecule has 6 heteroatoms. The molecule has 1 amide bonds. The maximum Gasteiger partial charge on any atom is 0.265 e. The molecule has 108 valence electrons. The van der Waals surface area contributed by atoms with Gasteiger partial charge in [0.15, 0.2) is 6.10 Å². The molecule has 1 aliphatic heterocycles. The van der Waals surface area contributed by atoms with Crippen molar-refractivity contribution >= 4 is 40.8 Å². The Balaban J connectivity index is 1.80. The summed E-state index contributed by atoms with van der Waals surface area (Å²) in [5, 5.41) is 3.33. The summed E-state index contributed by atoms with van der Waals surface area (Å²) in [6.07, 6.45) is -0.501. The number of carbonyl (C=O) groups excluding carboxylic acids is 1. The number of carbonyl (C=O) groups is 1. The number of halogens is 1. The zero-order valence-corrected chi connectivity index (χ0v) is 12.8. The van der Waals surface area contributed by atoms with E-state index in [2.05, 4.69) is 10.0 Å². The lowest BCUT2D eigenvalue weighted by molar-refractivity contribution is -0.122. The number of amides is 1. The van der Waals surface area contributed by atoms with E-state index in [0.717, 1.165) is 10.6 Å². The van der Waals surface area contributed by atoms with Gasteiger partial charge in [0, 0.05) is 5.69 Å². The van der Waals surface area contributed by atoms with Crippen molar-refractivity contribution in [3.05, 3.63) is 47.5 Å². The van der Waals surface area contributed by atoms with Gasteiger partial charge in [-0.1, -0.05) is 29.8 Å². The minimum atomic E-state index is -0.501. The van der Waals surface area contributed by atoms with Crippen LogP contribution in [0.25, 0.3) is 0 Å². The SMILES string of the molecule is CC1Oc2cc(SNc3ccccc3)c(Cl)cc2NC1=O. The van der Waals surface area contributed by atoms with Crippen molar-refractivity contribution in [2.45, 2.75) is 17.9 Å². The first kappa shape index (κ1) is 14.1. The predicted octanol–water partition coefficient (Wildman–Crippen LogP) is 4.18. The van der Waals surface area contributed by atoms with Gasteiger partial charge in [-0.3, -0.25) is 4.79 Å². The third-order valence-electron chi connectivity index (χ3n) is 3.02. The smallest absolute Gasteiger partial charge is 0.265 e. The zero-order chi connectivity index (χ0) is 14.8. The number of para-hydroxylation sites is 1. The maximum absolute atomic E-state index is 11.6. The Bertz CT molecular complexity index is 679. The molecule has 0 spiro atoms. The number of anilines is 2. The topological polar surface area (TPSA) is 50.4 Å². The second-order valence-electron chi connectivity index (χ2n) is 4.60. The number of fused-ring (bicyclic) bond motifs is 1. The van der Waals surface area contributed by atoms with E-state index in [0.29, 0.717) is 16.5 Å². The number of benzene rings is 2. The maximum atomic E-state index is 11.6. The van der Waals surface area contributed by atoms with Crippen molar-refractivity contribution in [2.75, 3.05) is 10.0 Å². The highest BCUT2D eigenvalue weighted by Gasteiger charge is 2.24. The number of hydrogen-bond donors (Lipinski definition) is 2. The standard InChI is InChI=1S/C15H13ClN2O2S/c1-9-15(19)17-12-7-11(16)14(8-13(12)20-9)21-18-10-5-3-2-4-6-10/h2-9,18H,1H3,(H,17,19). The van der Waals surface area contributed by atoms with Crippen molar-refractivity contribution in [3.63, 3.8) is 0 Å². The van der Waals surface area contributed by atoms with Crippen LogP contribution in [0, 0.1) is 0 Å². The van der Waals surface area contributed by atoms with Crippen LogP contribution in [0.2, 0.25) is 5.02 Å². The van der Waals surface area contributed by atoms with Crippen LogP contribution in [0.15, 0.2) is 47.4 Å². The first-order valence-electron chi connectivity index (χ1n) is 6.42. The van der Waals surface area contributed by atoms with Gasteiger partial charge in [-0.15, -0.1) is 0 Å². The van der Waals surface area contributed by atoms with Gasteiger partial charge in [-0.2, -0.15) is 0 Å². The Kier molecular flexibility index (Phi) is 3.94. The highest BCUT2D eigenvalue weighted by molar-refractivity contribution is 8.00. The van der Waals surface area contributed by atoms with Crippen LogP contribution in [-0.4, -0.2) is 12.0 Å². The fraction of sp³-hybridized carbons (Fsp3) is 0.133. The minimum Gasteiger partial charge on any atom is -0.479 e. The van der Waals surface area contributed by atoms with Crippen LogP contribution >= 0.6 is 23.5 Å². The molecule has 2 aromatic rings. The highest BCUT2D eigenvalue weighted by Crippen LogP contribution is 2.39. The normalized spacial score (nSPS) is 16.7. The lowest BCUT2D eigenvalue weighted by Crippen LogP contribution is -2.34. The number of rotatable bonds is 3. The average Bonchev–Trinajstić information content (AvgIpc) is 2.48. The van der Waals surface area contributed by atoms with Crippen molar-refractivity contribution in [2.24, 2.45) is 0 Å². The molecule has 0 radical (unpaired) electrons. The summed E-state index contributed by atoms with van der Waals surface area (Å²) in [5.41, 5.74) is 1.59.